The number of esters is 1. The Morgan fingerprint density at radius 2 is 2.06 bits per heavy atom. The molecule has 0 saturated heterocycles. The highest BCUT2D eigenvalue weighted by Gasteiger charge is 2.22. The average Bonchev–Trinajstić information content (AvgIpc) is 2.80. The third-order valence-electron chi connectivity index (χ3n) is 2.47. The van der Waals surface area contributed by atoms with Gasteiger partial charge in [-0.3, -0.25) is 0 Å². The van der Waals surface area contributed by atoms with Crippen molar-refractivity contribution in [2.75, 3.05) is 19.1 Å². The summed E-state index contributed by atoms with van der Waals surface area (Å²) in [5.74, 6) is -0.594. The van der Waals surface area contributed by atoms with Gasteiger partial charge in [-0.25, -0.2) is 4.79 Å². The highest BCUT2D eigenvalue weighted by atomic mass is 32.2. The van der Waals surface area contributed by atoms with Gasteiger partial charge >= 0.3 is 5.97 Å². The molecule has 0 fully saturated rings. The number of nitrogens with zero attached hydrogens (tertiary/aromatic N) is 1. The number of ether oxygens (including phenoxy) is 1. The number of nitrogens with two attached hydrogens (primary N) is 1. The van der Waals surface area contributed by atoms with Crippen LogP contribution in [0.3, 0.4) is 0 Å². The number of carbonyl (C=O) groups is 1. The maximum absolute atomic E-state index is 11.6. The number of rotatable bonds is 3. The molecule has 5 nitrogen and oxygen atoms in total. The van der Waals surface area contributed by atoms with Crippen molar-refractivity contribution in [2.45, 2.75) is 4.90 Å². The van der Waals surface area contributed by atoms with Crippen molar-refractivity contribution in [2.24, 2.45) is 0 Å². The van der Waals surface area contributed by atoms with Gasteiger partial charge < -0.3 is 15.0 Å². The van der Waals surface area contributed by atoms with Crippen LogP contribution in [-0.2, 0) is 4.74 Å². The van der Waals surface area contributed by atoms with E-state index in [0.717, 1.165) is 10.5 Å². The molecule has 0 aliphatic heterocycles. The molecular weight excluding hydrogens is 252 g/mol. The Kier molecular flexibility index (Phi) is 3.57. The number of aromatic nitrogens is 1. The van der Waals surface area contributed by atoms with Gasteiger partial charge in [-0.2, -0.15) is 0 Å². The van der Waals surface area contributed by atoms with Crippen LogP contribution in [-0.4, -0.2) is 24.5 Å². The van der Waals surface area contributed by atoms with Gasteiger partial charge in [0.05, 0.1) is 7.11 Å². The summed E-state index contributed by atoms with van der Waals surface area (Å²) in [6.07, 6.45) is 1.99. The van der Waals surface area contributed by atoms with Crippen LogP contribution in [0.4, 0.5) is 5.88 Å². The van der Waals surface area contributed by atoms with Crippen LogP contribution in [0, 0.1) is 0 Å². The molecule has 2 aromatic rings. The number of methoxy groups -OCH3 is 1. The molecule has 94 valence electrons. The molecule has 1 aromatic carbocycles. The monoisotopic (exact) mass is 264 g/mol. The number of carbonyl (C=O) groups excluding carboxylic acids is 1. The molecule has 0 aliphatic rings. The van der Waals surface area contributed by atoms with Crippen molar-refractivity contribution >= 4 is 23.6 Å². The highest BCUT2D eigenvalue weighted by molar-refractivity contribution is 7.98. The van der Waals surface area contributed by atoms with Gasteiger partial charge in [-0.15, -0.1) is 11.8 Å². The molecule has 0 bridgehead atoms. The van der Waals surface area contributed by atoms with E-state index in [1.54, 1.807) is 11.8 Å². The second kappa shape index (κ2) is 5.14. The van der Waals surface area contributed by atoms with Crippen LogP contribution in [0.15, 0.2) is 33.7 Å². The maximum Gasteiger partial charge on any atom is 0.345 e. The fourth-order valence-corrected chi connectivity index (χ4v) is 1.96. The van der Waals surface area contributed by atoms with Gasteiger partial charge in [0.1, 0.15) is 5.69 Å². The molecule has 0 radical (unpaired) electrons. The van der Waals surface area contributed by atoms with E-state index in [9.17, 15) is 4.79 Å². The zero-order chi connectivity index (χ0) is 13.1. The van der Waals surface area contributed by atoms with Gasteiger partial charge in [-0.1, -0.05) is 17.3 Å². The predicted octanol–water partition coefficient (Wildman–Crippen LogP) is 2.43. The molecule has 0 aliphatic carbocycles. The number of thioether (sulfide) groups is 1. The molecule has 2 rings (SSSR count). The van der Waals surface area contributed by atoms with Crippen molar-refractivity contribution in [3.05, 3.63) is 29.8 Å². The van der Waals surface area contributed by atoms with Gasteiger partial charge in [0.25, 0.3) is 0 Å². The molecule has 1 heterocycles. The summed E-state index contributed by atoms with van der Waals surface area (Å²) in [4.78, 5) is 12.7. The number of hydrogen-bond acceptors (Lipinski definition) is 6. The minimum absolute atomic E-state index is 0.0363. The lowest BCUT2D eigenvalue weighted by Gasteiger charge is -2.01. The topological polar surface area (TPSA) is 78.3 Å². The van der Waals surface area contributed by atoms with Crippen molar-refractivity contribution in [3.8, 4) is 11.3 Å². The lowest BCUT2D eigenvalue weighted by molar-refractivity contribution is 0.0602. The predicted molar refractivity (Wildman–Crippen MR) is 69.5 cm³/mol. The number of anilines is 1. The third kappa shape index (κ3) is 2.19. The molecule has 0 spiro atoms. The zero-order valence-corrected chi connectivity index (χ0v) is 10.8. The second-order valence-corrected chi connectivity index (χ2v) is 4.37. The minimum Gasteiger partial charge on any atom is -0.465 e. The van der Waals surface area contributed by atoms with Crippen LogP contribution in [0.2, 0.25) is 0 Å². The van der Waals surface area contributed by atoms with E-state index in [2.05, 4.69) is 9.89 Å². The fourth-order valence-electron chi connectivity index (χ4n) is 1.55. The largest absolute Gasteiger partial charge is 0.465 e. The van der Waals surface area contributed by atoms with Crippen LogP contribution in [0.1, 0.15) is 10.4 Å². The van der Waals surface area contributed by atoms with E-state index in [4.69, 9.17) is 10.3 Å². The normalized spacial score (nSPS) is 10.3. The van der Waals surface area contributed by atoms with Crippen molar-refractivity contribution in [3.63, 3.8) is 0 Å². The van der Waals surface area contributed by atoms with E-state index in [-0.39, 0.29) is 11.4 Å². The van der Waals surface area contributed by atoms with Crippen LogP contribution in [0.25, 0.3) is 11.3 Å². The standard InChI is InChI=1S/C12H12N2O3S/c1-16-12(15)9-10(14-17-11(9)13)7-3-5-8(18-2)6-4-7/h3-6H,13H2,1-2H3. The fraction of sp³-hybridized carbons (Fsp3) is 0.167. The summed E-state index contributed by atoms with van der Waals surface area (Å²) >= 11 is 1.63. The minimum atomic E-state index is -0.558. The molecule has 0 unspecified atom stereocenters. The van der Waals surface area contributed by atoms with E-state index in [0.29, 0.717) is 5.69 Å². The maximum atomic E-state index is 11.6. The molecule has 0 amide bonds. The Bertz CT molecular complexity index is 563. The molecule has 18 heavy (non-hydrogen) atoms. The summed E-state index contributed by atoms with van der Waals surface area (Å²) in [5, 5.41) is 3.80. The van der Waals surface area contributed by atoms with E-state index in [1.165, 1.54) is 7.11 Å². The van der Waals surface area contributed by atoms with E-state index in [1.807, 2.05) is 30.5 Å². The van der Waals surface area contributed by atoms with E-state index < -0.39 is 5.97 Å². The third-order valence-corrected chi connectivity index (χ3v) is 3.22. The van der Waals surface area contributed by atoms with E-state index >= 15 is 0 Å². The summed E-state index contributed by atoms with van der Waals surface area (Å²) in [5.41, 5.74) is 6.89. The Morgan fingerprint density at radius 3 is 2.61 bits per heavy atom. The molecule has 0 saturated carbocycles. The Morgan fingerprint density at radius 1 is 1.39 bits per heavy atom. The average molecular weight is 264 g/mol. The first kappa shape index (κ1) is 12.5. The Labute approximate surface area is 108 Å². The van der Waals surface area contributed by atoms with Gasteiger partial charge in [0, 0.05) is 10.5 Å². The zero-order valence-electron chi connectivity index (χ0n) is 9.97. The highest BCUT2D eigenvalue weighted by Crippen LogP contribution is 2.29. The van der Waals surface area contributed by atoms with Crippen molar-refractivity contribution in [1.29, 1.82) is 0 Å². The smallest absolute Gasteiger partial charge is 0.345 e. The number of benzene rings is 1. The lowest BCUT2D eigenvalue weighted by Crippen LogP contribution is -2.04. The van der Waals surface area contributed by atoms with Gasteiger partial charge in [0.15, 0.2) is 5.56 Å². The summed E-state index contributed by atoms with van der Waals surface area (Å²) < 4.78 is 9.51. The second-order valence-electron chi connectivity index (χ2n) is 3.49. The molecule has 0 atom stereocenters. The SMILES string of the molecule is COC(=O)c1c(-c2ccc(SC)cc2)noc1N. The van der Waals surface area contributed by atoms with Crippen molar-refractivity contribution < 1.29 is 14.1 Å². The van der Waals surface area contributed by atoms with Crippen LogP contribution < -0.4 is 5.73 Å². The van der Waals surface area contributed by atoms with Crippen LogP contribution in [0.5, 0.6) is 0 Å². The first-order valence-electron chi connectivity index (χ1n) is 5.15. The molecular formula is C12H12N2O3S. The molecule has 6 heteroatoms. The molecule has 1 aromatic heterocycles. The van der Waals surface area contributed by atoms with Gasteiger partial charge in [0.2, 0.25) is 5.88 Å². The first-order chi connectivity index (χ1) is 8.67. The Balaban J connectivity index is 2.47. The van der Waals surface area contributed by atoms with Crippen LogP contribution >= 0.6 is 11.8 Å². The lowest BCUT2D eigenvalue weighted by atomic mass is 10.1. The molecule has 2 N–H and O–H groups in total. The number of hydrogen-bond donors (Lipinski definition) is 1. The Hall–Kier alpha value is -1.95. The number of nitrogen functional groups attached to an aromatic ring is 1. The quantitative estimate of drug-likeness (QED) is 0.677. The van der Waals surface area contributed by atoms with Crippen molar-refractivity contribution in [1.82, 2.24) is 5.16 Å². The summed E-state index contributed by atoms with van der Waals surface area (Å²) in [6, 6.07) is 7.59. The first-order valence-corrected chi connectivity index (χ1v) is 6.37. The summed E-state index contributed by atoms with van der Waals surface area (Å²) in [6.45, 7) is 0. The summed E-state index contributed by atoms with van der Waals surface area (Å²) in [7, 11) is 1.29. The van der Waals surface area contributed by atoms with Gasteiger partial charge in [-0.05, 0) is 18.4 Å².